The third kappa shape index (κ3) is 4.49. The van der Waals surface area contributed by atoms with Crippen molar-refractivity contribution in [3.8, 4) is 11.4 Å². The number of amides is 1. The third-order valence-electron chi connectivity index (χ3n) is 5.81. The molecule has 0 radical (unpaired) electrons. The Morgan fingerprint density at radius 1 is 1.04 bits per heavy atom. The van der Waals surface area contributed by atoms with E-state index in [2.05, 4.69) is 20.2 Å². The highest BCUT2D eigenvalue weighted by molar-refractivity contribution is 5.80. The second-order valence-electron chi connectivity index (χ2n) is 7.87. The minimum atomic E-state index is -0.275. The number of anilines is 1. The number of piperidine rings is 1. The summed E-state index contributed by atoms with van der Waals surface area (Å²) in [5, 5.41) is 3.27. The van der Waals surface area contributed by atoms with Crippen LogP contribution in [0.1, 0.15) is 44.9 Å². The lowest BCUT2D eigenvalue weighted by Gasteiger charge is -2.34. The molecule has 2 fully saturated rings. The highest BCUT2D eigenvalue weighted by Crippen LogP contribution is 2.25. The van der Waals surface area contributed by atoms with Gasteiger partial charge in [-0.05, 0) is 56.0 Å². The molecule has 28 heavy (non-hydrogen) atoms. The number of halogens is 1. The number of rotatable bonds is 4. The molecule has 1 N–H and O–H groups in total. The quantitative estimate of drug-likeness (QED) is 0.870. The molecular weight excluding hydrogens is 355 g/mol. The molecular formula is C22H27FN4O. The summed E-state index contributed by atoms with van der Waals surface area (Å²) in [6.07, 6.45) is 9.55. The predicted molar refractivity (Wildman–Crippen MR) is 107 cm³/mol. The second-order valence-corrected chi connectivity index (χ2v) is 7.87. The van der Waals surface area contributed by atoms with Gasteiger partial charge in [0.05, 0.1) is 5.92 Å². The zero-order valence-electron chi connectivity index (χ0n) is 16.1. The summed E-state index contributed by atoms with van der Waals surface area (Å²) < 4.78 is 13.2. The highest BCUT2D eigenvalue weighted by atomic mass is 19.1. The molecule has 0 spiro atoms. The molecule has 5 nitrogen and oxygen atoms in total. The van der Waals surface area contributed by atoms with Crippen molar-refractivity contribution in [2.75, 3.05) is 18.0 Å². The van der Waals surface area contributed by atoms with Crippen molar-refractivity contribution in [3.05, 3.63) is 42.3 Å². The summed E-state index contributed by atoms with van der Waals surface area (Å²) in [7, 11) is 0. The van der Waals surface area contributed by atoms with E-state index < -0.39 is 0 Å². The molecule has 1 amide bonds. The number of carbonyl (C=O) groups excluding carboxylic acids is 1. The monoisotopic (exact) mass is 382 g/mol. The molecule has 4 rings (SSSR count). The Hall–Kier alpha value is -2.50. The van der Waals surface area contributed by atoms with Crippen molar-refractivity contribution in [1.29, 1.82) is 0 Å². The van der Waals surface area contributed by atoms with Gasteiger partial charge in [0.1, 0.15) is 11.6 Å². The molecule has 0 bridgehead atoms. The Labute approximate surface area is 165 Å². The molecule has 1 aromatic carbocycles. The fourth-order valence-corrected chi connectivity index (χ4v) is 4.23. The van der Waals surface area contributed by atoms with E-state index in [1.54, 1.807) is 18.3 Å². The predicted octanol–water partition coefficient (Wildman–Crippen LogP) is 3.95. The normalized spacial score (nSPS) is 20.8. The Bertz CT molecular complexity index is 804. The van der Waals surface area contributed by atoms with Crippen molar-refractivity contribution in [3.63, 3.8) is 0 Å². The van der Waals surface area contributed by atoms with Crippen molar-refractivity contribution >= 4 is 11.7 Å². The fraction of sp³-hybridized carbons (Fsp3) is 0.500. The maximum Gasteiger partial charge on any atom is 0.225 e. The first-order valence-electron chi connectivity index (χ1n) is 10.3. The zero-order chi connectivity index (χ0) is 19.3. The van der Waals surface area contributed by atoms with Crippen molar-refractivity contribution in [1.82, 2.24) is 15.3 Å². The fourth-order valence-electron chi connectivity index (χ4n) is 4.23. The van der Waals surface area contributed by atoms with E-state index in [4.69, 9.17) is 0 Å². The summed E-state index contributed by atoms with van der Waals surface area (Å²) in [4.78, 5) is 23.9. The van der Waals surface area contributed by atoms with E-state index in [0.29, 0.717) is 18.4 Å². The molecule has 1 saturated heterocycles. The van der Waals surface area contributed by atoms with Crippen LogP contribution in [-0.4, -0.2) is 35.0 Å². The molecule has 6 heteroatoms. The van der Waals surface area contributed by atoms with Gasteiger partial charge in [-0.2, -0.15) is 0 Å². The van der Waals surface area contributed by atoms with Gasteiger partial charge in [-0.25, -0.2) is 14.4 Å². The van der Waals surface area contributed by atoms with Crippen LogP contribution < -0.4 is 10.2 Å². The lowest BCUT2D eigenvalue weighted by Crippen LogP contribution is -2.46. The summed E-state index contributed by atoms with van der Waals surface area (Å²) in [6.45, 7) is 1.56. The van der Waals surface area contributed by atoms with Crippen LogP contribution in [-0.2, 0) is 4.79 Å². The minimum absolute atomic E-state index is 0.0000806. The van der Waals surface area contributed by atoms with E-state index in [0.717, 1.165) is 43.6 Å². The molecule has 0 unspecified atom stereocenters. The van der Waals surface area contributed by atoms with Gasteiger partial charge in [0.15, 0.2) is 5.82 Å². The lowest BCUT2D eigenvalue weighted by atomic mass is 9.93. The van der Waals surface area contributed by atoms with Crippen LogP contribution in [0.4, 0.5) is 10.2 Å². The molecule has 1 aromatic heterocycles. The summed E-state index contributed by atoms with van der Waals surface area (Å²) in [5.74, 6) is 1.31. The number of nitrogens with zero attached hydrogens (tertiary/aromatic N) is 3. The summed E-state index contributed by atoms with van der Waals surface area (Å²) in [6, 6.07) is 8.43. The zero-order valence-corrected chi connectivity index (χ0v) is 16.1. The molecule has 1 saturated carbocycles. The standard InChI is InChI=1S/C22H27FN4O/c23-18-10-8-16(9-11-18)21-24-13-12-20(26-21)27-14-4-5-17(15-27)22(28)25-19-6-2-1-3-7-19/h8-13,17,19H,1-7,14-15H2,(H,25,28)/t17-/m0/s1. The SMILES string of the molecule is O=C(NC1CCCCC1)[C@H]1CCCN(c2ccnc(-c3ccc(F)cc3)n2)C1. The highest BCUT2D eigenvalue weighted by Gasteiger charge is 2.28. The number of carbonyl (C=O) groups is 1. The van der Waals surface area contributed by atoms with E-state index >= 15 is 0 Å². The molecule has 148 valence electrons. The number of hydrogen-bond donors (Lipinski definition) is 1. The average molecular weight is 382 g/mol. The van der Waals surface area contributed by atoms with E-state index in [1.807, 2.05) is 6.07 Å². The van der Waals surface area contributed by atoms with Crippen LogP contribution in [0.3, 0.4) is 0 Å². The maximum atomic E-state index is 13.2. The Morgan fingerprint density at radius 2 is 1.82 bits per heavy atom. The molecule has 1 atom stereocenters. The lowest BCUT2D eigenvalue weighted by molar-refractivity contribution is -0.126. The third-order valence-corrected chi connectivity index (χ3v) is 5.81. The molecule has 2 aromatic rings. The second kappa shape index (κ2) is 8.67. The summed E-state index contributed by atoms with van der Waals surface area (Å²) >= 11 is 0. The minimum Gasteiger partial charge on any atom is -0.356 e. The first-order valence-corrected chi connectivity index (χ1v) is 10.3. The van der Waals surface area contributed by atoms with Crippen molar-refractivity contribution in [2.24, 2.45) is 5.92 Å². The Kier molecular flexibility index (Phi) is 5.84. The van der Waals surface area contributed by atoms with Crippen molar-refractivity contribution < 1.29 is 9.18 Å². The van der Waals surface area contributed by atoms with Crippen LogP contribution in [0.5, 0.6) is 0 Å². The smallest absolute Gasteiger partial charge is 0.225 e. The van der Waals surface area contributed by atoms with E-state index in [1.165, 1.54) is 31.4 Å². The Balaban J connectivity index is 1.43. The van der Waals surface area contributed by atoms with Crippen LogP contribution in [0.25, 0.3) is 11.4 Å². The molecule has 2 heterocycles. The average Bonchev–Trinajstić information content (AvgIpc) is 2.75. The van der Waals surface area contributed by atoms with Crippen LogP contribution in [0.15, 0.2) is 36.5 Å². The van der Waals surface area contributed by atoms with Crippen molar-refractivity contribution in [2.45, 2.75) is 51.0 Å². The molecule has 1 aliphatic heterocycles. The first-order chi connectivity index (χ1) is 13.7. The van der Waals surface area contributed by atoms with Crippen LogP contribution >= 0.6 is 0 Å². The van der Waals surface area contributed by atoms with Gasteiger partial charge in [0, 0.05) is 30.9 Å². The van der Waals surface area contributed by atoms with Gasteiger partial charge < -0.3 is 10.2 Å². The van der Waals surface area contributed by atoms with Gasteiger partial charge in [-0.3, -0.25) is 4.79 Å². The van der Waals surface area contributed by atoms with E-state index in [9.17, 15) is 9.18 Å². The summed E-state index contributed by atoms with van der Waals surface area (Å²) in [5.41, 5.74) is 0.784. The van der Waals surface area contributed by atoms with E-state index in [-0.39, 0.29) is 17.6 Å². The van der Waals surface area contributed by atoms with Gasteiger partial charge in [0.25, 0.3) is 0 Å². The first kappa shape index (κ1) is 18.8. The molecule has 1 aliphatic carbocycles. The van der Waals surface area contributed by atoms with Gasteiger partial charge in [-0.15, -0.1) is 0 Å². The number of aromatic nitrogens is 2. The van der Waals surface area contributed by atoms with Crippen LogP contribution in [0, 0.1) is 11.7 Å². The maximum absolute atomic E-state index is 13.2. The number of hydrogen-bond acceptors (Lipinski definition) is 4. The van der Waals surface area contributed by atoms with Gasteiger partial charge >= 0.3 is 0 Å². The van der Waals surface area contributed by atoms with Gasteiger partial charge in [-0.1, -0.05) is 19.3 Å². The molecule has 2 aliphatic rings. The Morgan fingerprint density at radius 3 is 2.61 bits per heavy atom. The van der Waals surface area contributed by atoms with Crippen LogP contribution in [0.2, 0.25) is 0 Å². The number of nitrogens with one attached hydrogen (secondary N) is 1. The topological polar surface area (TPSA) is 58.1 Å². The van der Waals surface area contributed by atoms with Gasteiger partial charge in [0.2, 0.25) is 5.91 Å². The largest absolute Gasteiger partial charge is 0.356 e. The number of benzene rings is 1.